The van der Waals surface area contributed by atoms with Gasteiger partial charge in [0.05, 0.1) is 0 Å². The predicted molar refractivity (Wildman–Crippen MR) is 112 cm³/mol. The number of H-pyrrole nitrogens is 1. The van der Waals surface area contributed by atoms with Crippen molar-refractivity contribution in [2.45, 2.75) is 13.5 Å². The fourth-order valence-electron chi connectivity index (χ4n) is 2.85. The molecule has 0 unspecified atom stereocenters. The number of hydrogen-bond donors (Lipinski definition) is 2. The summed E-state index contributed by atoms with van der Waals surface area (Å²) in [6, 6.07) is 24.5. The smallest absolute Gasteiger partial charge is 0.255 e. The maximum atomic E-state index is 12.6. The Hall–Kier alpha value is -3.93. The largest absolute Gasteiger partial charge is 0.489 e. The molecule has 0 atom stereocenters. The monoisotopic (exact) mass is 384 g/mol. The molecule has 0 aliphatic heterocycles. The van der Waals surface area contributed by atoms with Crippen molar-refractivity contribution in [3.05, 3.63) is 95.8 Å². The summed E-state index contributed by atoms with van der Waals surface area (Å²) in [7, 11) is 0. The first kappa shape index (κ1) is 18.4. The van der Waals surface area contributed by atoms with E-state index >= 15 is 0 Å². The van der Waals surface area contributed by atoms with Crippen molar-refractivity contribution in [2.75, 3.05) is 5.32 Å². The molecule has 0 saturated carbocycles. The highest BCUT2D eigenvalue weighted by molar-refractivity contribution is 6.04. The van der Waals surface area contributed by atoms with E-state index in [1.54, 1.807) is 12.1 Å². The van der Waals surface area contributed by atoms with Crippen LogP contribution in [0.15, 0.2) is 78.9 Å². The minimum absolute atomic E-state index is 0.198. The second-order valence-corrected chi connectivity index (χ2v) is 6.58. The number of carbonyl (C=O) groups is 1. The summed E-state index contributed by atoms with van der Waals surface area (Å²) in [5.41, 5.74) is 3.18. The average Bonchev–Trinajstić information content (AvgIpc) is 3.20. The van der Waals surface area contributed by atoms with Gasteiger partial charge in [-0.15, -0.1) is 0 Å². The highest BCUT2D eigenvalue weighted by Crippen LogP contribution is 2.20. The fourth-order valence-corrected chi connectivity index (χ4v) is 2.85. The van der Waals surface area contributed by atoms with Gasteiger partial charge in [0.1, 0.15) is 18.2 Å². The lowest BCUT2D eigenvalue weighted by atomic mass is 10.1. The molecule has 0 fully saturated rings. The summed E-state index contributed by atoms with van der Waals surface area (Å²) in [5, 5.41) is 9.85. The normalized spacial score (nSPS) is 10.5. The van der Waals surface area contributed by atoms with Crippen molar-refractivity contribution in [3.63, 3.8) is 0 Å². The van der Waals surface area contributed by atoms with Gasteiger partial charge in [-0.25, -0.2) is 4.98 Å². The molecule has 1 amide bonds. The van der Waals surface area contributed by atoms with E-state index in [2.05, 4.69) is 20.5 Å². The number of aromatic nitrogens is 3. The Morgan fingerprint density at radius 3 is 2.52 bits per heavy atom. The van der Waals surface area contributed by atoms with Crippen molar-refractivity contribution >= 4 is 11.6 Å². The van der Waals surface area contributed by atoms with Crippen LogP contribution in [0.25, 0.3) is 11.4 Å². The van der Waals surface area contributed by atoms with Crippen molar-refractivity contribution in [3.8, 4) is 17.1 Å². The zero-order valence-corrected chi connectivity index (χ0v) is 15.9. The zero-order valence-electron chi connectivity index (χ0n) is 15.9. The topological polar surface area (TPSA) is 79.9 Å². The number of nitrogens with zero attached hydrogens (tertiary/aromatic N) is 2. The van der Waals surface area contributed by atoms with E-state index in [0.717, 1.165) is 17.0 Å². The number of aromatic amines is 1. The first-order chi connectivity index (χ1) is 14.2. The van der Waals surface area contributed by atoms with Crippen molar-refractivity contribution in [1.29, 1.82) is 0 Å². The van der Waals surface area contributed by atoms with E-state index in [4.69, 9.17) is 4.74 Å². The van der Waals surface area contributed by atoms with Crippen LogP contribution >= 0.6 is 0 Å². The number of carbonyl (C=O) groups excluding carboxylic acids is 1. The van der Waals surface area contributed by atoms with E-state index in [1.807, 2.05) is 73.7 Å². The molecule has 1 aromatic heterocycles. The average molecular weight is 384 g/mol. The molecule has 1 heterocycles. The van der Waals surface area contributed by atoms with Crippen LogP contribution < -0.4 is 10.1 Å². The van der Waals surface area contributed by atoms with Crippen molar-refractivity contribution in [1.82, 2.24) is 15.2 Å². The van der Waals surface area contributed by atoms with Gasteiger partial charge < -0.3 is 10.1 Å². The lowest BCUT2D eigenvalue weighted by Gasteiger charge is -2.09. The number of anilines is 1. The highest BCUT2D eigenvalue weighted by Gasteiger charge is 2.09. The standard InChI is InChI=1S/C23H20N4O2/c1-16-24-22(27-26-16)18-10-12-20(13-11-18)25-23(28)19-8-5-9-21(14-19)29-15-17-6-3-2-4-7-17/h2-14H,15H2,1H3,(H,25,28)(H,24,26,27). The van der Waals surface area contributed by atoms with E-state index < -0.39 is 0 Å². The third kappa shape index (κ3) is 4.68. The molecule has 0 spiro atoms. The Labute approximate surface area is 168 Å². The van der Waals surface area contributed by atoms with Crippen molar-refractivity contribution in [2.24, 2.45) is 0 Å². The van der Waals surface area contributed by atoms with Crippen LogP contribution in [0.4, 0.5) is 5.69 Å². The number of aryl methyl sites for hydroxylation is 1. The molecule has 0 radical (unpaired) electrons. The molecule has 144 valence electrons. The molecule has 4 rings (SSSR count). The van der Waals surface area contributed by atoms with Gasteiger partial charge in [-0.2, -0.15) is 5.10 Å². The van der Waals surface area contributed by atoms with Gasteiger partial charge in [0.15, 0.2) is 5.82 Å². The van der Waals surface area contributed by atoms with Gasteiger partial charge >= 0.3 is 0 Å². The summed E-state index contributed by atoms with van der Waals surface area (Å²) < 4.78 is 5.80. The molecule has 29 heavy (non-hydrogen) atoms. The predicted octanol–water partition coefficient (Wildman–Crippen LogP) is 4.61. The van der Waals surface area contributed by atoms with Crippen LogP contribution in [0, 0.1) is 6.92 Å². The van der Waals surface area contributed by atoms with E-state index in [-0.39, 0.29) is 5.91 Å². The van der Waals surface area contributed by atoms with Gasteiger partial charge in [-0.3, -0.25) is 9.89 Å². The van der Waals surface area contributed by atoms with Gasteiger partial charge in [0, 0.05) is 16.8 Å². The van der Waals surface area contributed by atoms with Crippen LogP contribution in [-0.4, -0.2) is 21.1 Å². The number of rotatable bonds is 6. The Balaban J connectivity index is 1.40. The third-order valence-electron chi connectivity index (χ3n) is 4.34. The highest BCUT2D eigenvalue weighted by atomic mass is 16.5. The summed E-state index contributed by atoms with van der Waals surface area (Å²) >= 11 is 0. The Morgan fingerprint density at radius 2 is 1.79 bits per heavy atom. The van der Waals surface area contributed by atoms with Crippen LogP contribution in [0.1, 0.15) is 21.7 Å². The number of amides is 1. The molecule has 0 bridgehead atoms. The van der Waals surface area contributed by atoms with E-state index in [1.165, 1.54) is 0 Å². The SMILES string of the molecule is Cc1nc(-c2ccc(NC(=O)c3cccc(OCc4ccccc4)c3)cc2)n[nH]1. The molecule has 3 aromatic carbocycles. The summed E-state index contributed by atoms with van der Waals surface area (Å²) in [4.78, 5) is 16.9. The first-order valence-corrected chi connectivity index (χ1v) is 9.25. The second-order valence-electron chi connectivity index (χ2n) is 6.58. The molecule has 0 saturated heterocycles. The molecule has 6 heteroatoms. The summed E-state index contributed by atoms with van der Waals surface area (Å²) in [6.45, 7) is 2.30. The van der Waals surface area contributed by atoms with Crippen LogP contribution in [0.5, 0.6) is 5.75 Å². The Kier molecular flexibility index (Phi) is 5.33. The third-order valence-corrected chi connectivity index (χ3v) is 4.34. The second kappa shape index (κ2) is 8.39. The minimum Gasteiger partial charge on any atom is -0.489 e. The van der Waals surface area contributed by atoms with Gasteiger partial charge in [-0.1, -0.05) is 36.4 Å². The molecule has 2 N–H and O–H groups in total. The lowest BCUT2D eigenvalue weighted by Crippen LogP contribution is -2.12. The van der Waals surface area contributed by atoms with Crippen molar-refractivity contribution < 1.29 is 9.53 Å². The number of benzene rings is 3. The van der Waals surface area contributed by atoms with Gasteiger partial charge in [-0.05, 0) is 55.0 Å². The molecule has 4 aromatic rings. The molecule has 6 nitrogen and oxygen atoms in total. The first-order valence-electron chi connectivity index (χ1n) is 9.25. The van der Waals surface area contributed by atoms with E-state index in [0.29, 0.717) is 29.4 Å². The zero-order chi connectivity index (χ0) is 20.1. The molecular weight excluding hydrogens is 364 g/mol. The molecule has 0 aliphatic carbocycles. The number of hydrogen-bond acceptors (Lipinski definition) is 4. The maximum Gasteiger partial charge on any atom is 0.255 e. The maximum absolute atomic E-state index is 12.6. The van der Waals surface area contributed by atoms with Crippen LogP contribution in [0.2, 0.25) is 0 Å². The Bertz CT molecular complexity index is 1110. The molecule has 0 aliphatic rings. The fraction of sp³-hybridized carbons (Fsp3) is 0.0870. The van der Waals surface area contributed by atoms with Gasteiger partial charge in [0.2, 0.25) is 0 Å². The molecular formula is C23H20N4O2. The summed E-state index contributed by atoms with van der Waals surface area (Å²) in [5.74, 6) is 1.84. The number of ether oxygens (including phenoxy) is 1. The van der Waals surface area contributed by atoms with E-state index in [9.17, 15) is 4.79 Å². The minimum atomic E-state index is -0.198. The van der Waals surface area contributed by atoms with Gasteiger partial charge in [0.25, 0.3) is 5.91 Å². The lowest BCUT2D eigenvalue weighted by molar-refractivity contribution is 0.102. The number of nitrogens with one attached hydrogen (secondary N) is 2. The quantitative estimate of drug-likeness (QED) is 0.509. The Morgan fingerprint density at radius 1 is 1.00 bits per heavy atom. The summed E-state index contributed by atoms with van der Waals surface area (Å²) in [6.07, 6.45) is 0. The van der Waals surface area contributed by atoms with Crippen LogP contribution in [0.3, 0.4) is 0 Å². The van der Waals surface area contributed by atoms with Crippen LogP contribution in [-0.2, 0) is 6.61 Å².